The van der Waals surface area contributed by atoms with Gasteiger partial charge in [-0.1, -0.05) is 119 Å². The standard InChI is InChI=1S/C48H49N/c1-46(2)24-25-47(3,4)45-40(46)20-13-21-42(45)49(36-16-9-6-10-17-36)41-23-22-39-44(43(41)33-14-7-5-8-15-33)37-18-11-12-19-38(37)48(39)34-27-31-26-32(29-34)30-35(48)28-31/h5-23,31-32,34-35H,24-30H2,1-4H3. The number of hydrogen-bond acceptors (Lipinski definition) is 1. The molecule has 4 saturated carbocycles. The van der Waals surface area contributed by atoms with Crippen LogP contribution in [-0.4, -0.2) is 0 Å². The van der Waals surface area contributed by atoms with E-state index in [0.717, 1.165) is 23.7 Å². The summed E-state index contributed by atoms with van der Waals surface area (Å²) in [5.41, 5.74) is 16.1. The van der Waals surface area contributed by atoms with E-state index in [1.54, 1.807) is 11.1 Å². The molecule has 1 nitrogen and oxygen atoms in total. The molecule has 1 heteroatoms. The monoisotopic (exact) mass is 639 g/mol. The van der Waals surface area contributed by atoms with Gasteiger partial charge in [-0.2, -0.15) is 0 Å². The molecule has 4 fully saturated rings. The molecule has 0 saturated heterocycles. The Kier molecular flexibility index (Phi) is 6.36. The quantitative estimate of drug-likeness (QED) is 0.189. The Morgan fingerprint density at radius 2 is 1.10 bits per heavy atom. The fourth-order valence-corrected chi connectivity index (χ4v) is 12.2. The molecular weight excluding hydrogens is 591 g/mol. The van der Waals surface area contributed by atoms with Crippen molar-refractivity contribution in [1.82, 2.24) is 0 Å². The van der Waals surface area contributed by atoms with Crippen LogP contribution in [0.5, 0.6) is 0 Å². The summed E-state index contributed by atoms with van der Waals surface area (Å²) >= 11 is 0. The van der Waals surface area contributed by atoms with Gasteiger partial charge in [0.05, 0.1) is 11.4 Å². The zero-order valence-electron chi connectivity index (χ0n) is 29.7. The zero-order valence-corrected chi connectivity index (χ0v) is 29.7. The van der Waals surface area contributed by atoms with E-state index in [-0.39, 0.29) is 16.2 Å². The Morgan fingerprint density at radius 3 is 1.82 bits per heavy atom. The summed E-state index contributed by atoms with van der Waals surface area (Å²) in [6.07, 6.45) is 9.48. The number of nitrogens with zero attached hydrogens (tertiary/aromatic N) is 1. The van der Waals surface area contributed by atoms with E-state index in [1.165, 1.54) is 95.4 Å². The first-order chi connectivity index (χ1) is 23.8. The molecule has 5 aromatic rings. The molecule has 0 atom stereocenters. The second kappa shape index (κ2) is 10.5. The van der Waals surface area contributed by atoms with Gasteiger partial charge in [-0.3, -0.25) is 0 Å². The maximum Gasteiger partial charge on any atom is 0.0546 e. The van der Waals surface area contributed by atoms with Gasteiger partial charge in [0.15, 0.2) is 0 Å². The van der Waals surface area contributed by atoms with Gasteiger partial charge in [-0.05, 0) is 143 Å². The van der Waals surface area contributed by atoms with Crippen molar-refractivity contribution < 1.29 is 0 Å². The first-order valence-electron chi connectivity index (χ1n) is 19.1. The Balaban J connectivity index is 1.30. The molecule has 0 N–H and O–H groups in total. The van der Waals surface area contributed by atoms with Crippen LogP contribution in [0, 0.1) is 23.7 Å². The largest absolute Gasteiger partial charge is 0.310 e. The highest BCUT2D eigenvalue weighted by atomic mass is 15.1. The van der Waals surface area contributed by atoms with Crippen LogP contribution in [0.4, 0.5) is 17.1 Å². The molecule has 0 heterocycles. The minimum atomic E-state index is 0.0646. The molecule has 49 heavy (non-hydrogen) atoms. The third-order valence-electron chi connectivity index (χ3n) is 14.1. The Bertz CT molecular complexity index is 2060. The molecule has 246 valence electrons. The van der Waals surface area contributed by atoms with Crippen molar-refractivity contribution in [3.05, 3.63) is 138 Å². The normalized spacial score (nSPS) is 27.8. The maximum atomic E-state index is 2.63. The predicted molar refractivity (Wildman–Crippen MR) is 205 cm³/mol. The van der Waals surface area contributed by atoms with Crippen LogP contribution in [0.25, 0.3) is 22.3 Å². The highest BCUT2D eigenvalue weighted by Gasteiger charge is 2.62. The summed E-state index contributed by atoms with van der Waals surface area (Å²) in [5, 5.41) is 0. The van der Waals surface area contributed by atoms with Crippen molar-refractivity contribution in [2.24, 2.45) is 23.7 Å². The fourth-order valence-electron chi connectivity index (χ4n) is 12.2. The number of anilines is 3. The average Bonchev–Trinajstić information content (AvgIpc) is 3.41. The molecular formula is C48H49N. The van der Waals surface area contributed by atoms with Crippen LogP contribution < -0.4 is 4.90 Å². The lowest BCUT2D eigenvalue weighted by atomic mass is 9.43. The van der Waals surface area contributed by atoms with Gasteiger partial charge in [0, 0.05) is 16.7 Å². The van der Waals surface area contributed by atoms with Crippen LogP contribution in [0.1, 0.15) is 94.9 Å². The van der Waals surface area contributed by atoms with E-state index in [2.05, 4.69) is 148 Å². The van der Waals surface area contributed by atoms with Gasteiger partial charge in [0.25, 0.3) is 0 Å². The van der Waals surface area contributed by atoms with E-state index < -0.39 is 0 Å². The first-order valence-corrected chi connectivity index (χ1v) is 19.1. The van der Waals surface area contributed by atoms with Crippen LogP contribution in [0.2, 0.25) is 0 Å². The lowest BCUT2D eigenvalue weighted by molar-refractivity contribution is -0.0399. The molecule has 11 rings (SSSR count). The second-order valence-electron chi connectivity index (χ2n) is 17.6. The Morgan fingerprint density at radius 1 is 0.490 bits per heavy atom. The highest BCUT2D eigenvalue weighted by molar-refractivity contribution is 6.02. The minimum absolute atomic E-state index is 0.0646. The summed E-state index contributed by atoms with van der Waals surface area (Å²) in [6, 6.07) is 44.5. The summed E-state index contributed by atoms with van der Waals surface area (Å²) in [7, 11) is 0. The van der Waals surface area contributed by atoms with Crippen LogP contribution in [0.3, 0.4) is 0 Å². The molecule has 0 aliphatic heterocycles. The van der Waals surface area contributed by atoms with Crippen LogP contribution in [0.15, 0.2) is 115 Å². The van der Waals surface area contributed by atoms with E-state index in [9.17, 15) is 0 Å². The molecule has 0 aromatic heterocycles. The molecule has 4 bridgehead atoms. The van der Waals surface area contributed by atoms with E-state index in [4.69, 9.17) is 0 Å². The lowest BCUT2D eigenvalue weighted by Gasteiger charge is -2.61. The molecule has 0 amide bonds. The van der Waals surface area contributed by atoms with Gasteiger partial charge in [0.1, 0.15) is 0 Å². The van der Waals surface area contributed by atoms with Crippen molar-refractivity contribution in [2.75, 3.05) is 4.90 Å². The van der Waals surface area contributed by atoms with E-state index in [0.29, 0.717) is 0 Å². The molecule has 5 aromatic carbocycles. The number of hydrogen-bond donors (Lipinski definition) is 0. The van der Waals surface area contributed by atoms with E-state index >= 15 is 0 Å². The number of fused-ring (bicyclic) bond motifs is 4. The molecule has 1 spiro atoms. The average molecular weight is 640 g/mol. The SMILES string of the molecule is CC1(C)CCC(C)(C)c2c(N(c3ccccc3)c3ccc4c(c3-c3ccccc3)-c3ccccc3C43C4CC5CC(C4)CC3C5)cccc21. The van der Waals surface area contributed by atoms with Crippen molar-refractivity contribution in [3.8, 4) is 22.3 Å². The summed E-state index contributed by atoms with van der Waals surface area (Å²) in [4.78, 5) is 2.63. The van der Waals surface area contributed by atoms with Gasteiger partial charge in [0.2, 0.25) is 0 Å². The summed E-state index contributed by atoms with van der Waals surface area (Å²) in [6.45, 7) is 9.84. The number of benzene rings is 5. The molecule has 6 aliphatic carbocycles. The van der Waals surface area contributed by atoms with Gasteiger partial charge < -0.3 is 4.90 Å². The number of rotatable bonds is 4. The maximum absolute atomic E-state index is 2.63. The summed E-state index contributed by atoms with van der Waals surface area (Å²) < 4.78 is 0. The lowest BCUT2D eigenvalue weighted by Crippen LogP contribution is -2.55. The smallest absolute Gasteiger partial charge is 0.0546 e. The molecule has 0 radical (unpaired) electrons. The van der Waals surface area contributed by atoms with Crippen molar-refractivity contribution in [3.63, 3.8) is 0 Å². The third kappa shape index (κ3) is 4.11. The van der Waals surface area contributed by atoms with E-state index in [1.807, 2.05) is 0 Å². The third-order valence-corrected chi connectivity index (χ3v) is 14.1. The Labute approximate surface area is 293 Å². The van der Waals surface area contributed by atoms with Crippen molar-refractivity contribution in [1.29, 1.82) is 0 Å². The predicted octanol–water partition coefficient (Wildman–Crippen LogP) is 12.9. The molecule has 6 aliphatic rings. The highest BCUT2D eigenvalue weighted by Crippen LogP contribution is 2.70. The van der Waals surface area contributed by atoms with Gasteiger partial charge >= 0.3 is 0 Å². The van der Waals surface area contributed by atoms with Gasteiger partial charge in [-0.15, -0.1) is 0 Å². The topological polar surface area (TPSA) is 3.24 Å². The number of para-hydroxylation sites is 1. The molecule has 0 unspecified atom stereocenters. The van der Waals surface area contributed by atoms with Crippen LogP contribution >= 0.6 is 0 Å². The van der Waals surface area contributed by atoms with Crippen LogP contribution in [-0.2, 0) is 16.2 Å². The van der Waals surface area contributed by atoms with Crippen molar-refractivity contribution in [2.45, 2.75) is 88.9 Å². The minimum Gasteiger partial charge on any atom is -0.310 e. The Hall–Kier alpha value is -4.10. The second-order valence-corrected chi connectivity index (χ2v) is 17.6. The van der Waals surface area contributed by atoms with Gasteiger partial charge in [-0.25, -0.2) is 0 Å². The summed E-state index contributed by atoms with van der Waals surface area (Å²) in [5.74, 6) is 3.36. The first kappa shape index (κ1) is 29.8. The van der Waals surface area contributed by atoms with Crippen molar-refractivity contribution >= 4 is 17.1 Å². The fraction of sp³-hybridized carbons (Fsp3) is 0.375. The zero-order chi connectivity index (χ0) is 33.1.